The zero-order chi connectivity index (χ0) is 17.2. The van der Waals surface area contributed by atoms with Crippen LogP contribution in [0.1, 0.15) is 32.4 Å². The average molecular weight is 386 g/mol. The minimum Gasteiger partial charge on any atom is -0.388 e. The lowest BCUT2D eigenvalue weighted by Crippen LogP contribution is -2.42. The Morgan fingerprint density at radius 3 is 2.57 bits per heavy atom. The van der Waals surface area contributed by atoms with E-state index in [1.807, 2.05) is 20.8 Å². The third kappa shape index (κ3) is 4.40. The Bertz CT molecular complexity index is 607. The first-order chi connectivity index (χ1) is 10.7. The van der Waals surface area contributed by atoms with Crippen LogP contribution in [0.2, 0.25) is 0 Å². The van der Waals surface area contributed by atoms with Crippen molar-refractivity contribution in [3.05, 3.63) is 46.8 Å². The number of hydrogen-bond acceptors (Lipinski definition) is 3. The van der Waals surface area contributed by atoms with Crippen LogP contribution in [0.25, 0.3) is 0 Å². The summed E-state index contributed by atoms with van der Waals surface area (Å²) in [6, 6.07) is 5.84. The fraction of sp³-hybridized carbons (Fsp3) is 0.471. The third-order valence-electron chi connectivity index (χ3n) is 3.47. The van der Waals surface area contributed by atoms with E-state index in [1.165, 1.54) is 12.1 Å². The van der Waals surface area contributed by atoms with E-state index in [0.29, 0.717) is 22.0 Å². The van der Waals surface area contributed by atoms with Gasteiger partial charge in [0.15, 0.2) is 0 Å². The zero-order valence-corrected chi connectivity index (χ0v) is 15.0. The van der Waals surface area contributed by atoms with Crippen molar-refractivity contribution in [3.63, 3.8) is 0 Å². The molecule has 2 unspecified atom stereocenters. The lowest BCUT2D eigenvalue weighted by Gasteiger charge is -2.24. The van der Waals surface area contributed by atoms with E-state index in [0.717, 1.165) is 0 Å². The third-order valence-corrected chi connectivity index (χ3v) is 4.08. The molecule has 2 N–H and O–H groups in total. The van der Waals surface area contributed by atoms with Crippen molar-refractivity contribution in [2.75, 3.05) is 11.9 Å². The van der Waals surface area contributed by atoms with E-state index in [9.17, 15) is 14.3 Å². The van der Waals surface area contributed by atoms with E-state index in [1.54, 1.807) is 12.1 Å². The number of ether oxygens (including phenoxy) is 1. The molecule has 2 atom stereocenters. The summed E-state index contributed by atoms with van der Waals surface area (Å²) in [6.45, 7) is 5.82. The normalized spacial score (nSPS) is 19.8. The number of carbonyl (C=O) groups excluding carboxylic acids is 1. The lowest BCUT2D eigenvalue weighted by molar-refractivity contribution is -0.119. The molecule has 0 saturated carbocycles. The minimum atomic E-state index is -0.804. The van der Waals surface area contributed by atoms with Gasteiger partial charge in [-0.25, -0.2) is 4.39 Å². The molecular formula is C17H21BrFNO3. The van der Waals surface area contributed by atoms with Gasteiger partial charge in [0.1, 0.15) is 11.9 Å². The van der Waals surface area contributed by atoms with Gasteiger partial charge in [-0.05, 0) is 44.0 Å². The van der Waals surface area contributed by atoms with Crippen molar-refractivity contribution in [2.24, 2.45) is 0 Å². The molecule has 2 rings (SSSR count). The van der Waals surface area contributed by atoms with Crippen molar-refractivity contribution in [2.45, 2.75) is 38.5 Å². The maximum absolute atomic E-state index is 13.1. The van der Waals surface area contributed by atoms with Crippen LogP contribution in [-0.2, 0) is 9.53 Å². The highest BCUT2D eigenvalue weighted by molar-refractivity contribution is 9.09. The number of aliphatic hydroxyl groups is 1. The number of halogens is 2. The highest BCUT2D eigenvalue weighted by atomic mass is 79.9. The van der Waals surface area contributed by atoms with Crippen molar-refractivity contribution in [1.82, 2.24) is 5.32 Å². The van der Waals surface area contributed by atoms with Crippen LogP contribution < -0.4 is 5.32 Å². The monoisotopic (exact) mass is 385 g/mol. The number of carbonyl (C=O) groups is 1. The summed E-state index contributed by atoms with van der Waals surface area (Å²) >= 11 is 3.23. The first kappa shape index (κ1) is 18.1. The van der Waals surface area contributed by atoms with Crippen LogP contribution in [0.4, 0.5) is 4.39 Å². The van der Waals surface area contributed by atoms with Crippen LogP contribution in [0.15, 0.2) is 35.4 Å². The quantitative estimate of drug-likeness (QED) is 0.783. The summed E-state index contributed by atoms with van der Waals surface area (Å²) in [6.07, 6.45) is -1.41. The predicted molar refractivity (Wildman–Crippen MR) is 89.8 cm³/mol. The zero-order valence-electron chi connectivity index (χ0n) is 13.4. The molecule has 0 saturated heterocycles. The molecule has 0 radical (unpaired) electrons. The molecule has 1 aliphatic rings. The van der Waals surface area contributed by atoms with Gasteiger partial charge in [-0.3, -0.25) is 4.79 Å². The summed E-state index contributed by atoms with van der Waals surface area (Å²) in [5.74, 6) is -0.628. The van der Waals surface area contributed by atoms with Crippen LogP contribution in [0.3, 0.4) is 0 Å². The molecule has 0 spiro atoms. The molecule has 6 heteroatoms. The number of alkyl halides is 1. The Morgan fingerprint density at radius 1 is 1.43 bits per heavy atom. The lowest BCUT2D eigenvalue weighted by atomic mass is 9.95. The molecule has 1 heterocycles. The second-order valence-corrected chi connectivity index (χ2v) is 7.20. The molecule has 1 amide bonds. The van der Waals surface area contributed by atoms with Gasteiger partial charge in [0, 0.05) is 10.9 Å². The SMILES string of the molecule is CC(C)(C)NC(=O)C1=C(C(O)CBr)COC1c1ccc(F)cc1. The highest BCUT2D eigenvalue weighted by Crippen LogP contribution is 2.36. The summed E-state index contributed by atoms with van der Waals surface area (Å²) in [7, 11) is 0. The Morgan fingerprint density at radius 2 is 2.04 bits per heavy atom. The van der Waals surface area contributed by atoms with E-state index in [4.69, 9.17) is 4.74 Å². The molecular weight excluding hydrogens is 365 g/mol. The first-order valence-electron chi connectivity index (χ1n) is 7.39. The van der Waals surface area contributed by atoms with E-state index in [-0.39, 0.29) is 18.3 Å². The summed E-state index contributed by atoms with van der Waals surface area (Å²) < 4.78 is 18.9. The van der Waals surface area contributed by atoms with Gasteiger partial charge in [-0.15, -0.1) is 0 Å². The highest BCUT2D eigenvalue weighted by Gasteiger charge is 2.36. The second kappa shape index (κ2) is 7.11. The average Bonchev–Trinajstić information content (AvgIpc) is 2.90. The number of nitrogens with one attached hydrogen (secondary N) is 1. The van der Waals surface area contributed by atoms with Crippen molar-refractivity contribution >= 4 is 21.8 Å². The summed E-state index contributed by atoms with van der Waals surface area (Å²) in [5, 5.41) is 13.4. The standard InChI is InChI=1S/C17H21BrFNO3/c1-17(2,3)20-16(22)14-12(13(21)8-18)9-23-15(14)10-4-6-11(19)7-5-10/h4-7,13,15,21H,8-9H2,1-3H3,(H,20,22). The molecule has 0 aromatic heterocycles. The van der Waals surface area contributed by atoms with E-state index >= 15 is 0 Å². The van der Waals surface area contributed by atoms with Gasteiger partial charge in [0.25, 0.3) is 5.91 Å². The molecule has 1 aromatic carbocycles. The smallest absolute Gasteiger partial charge is 0.250 e. The number of hydrogen-bond donors (Lipinski definition) is 2. The predicted octanol–water partition coefficient (Wildman–Crippen LogP) is 2.86. The molecule has 4 nitrogen and oxygen atoms in total. The molecule has 23 heavy (non-hydrogen) atoms. The van der Waals surface area contributed by atoms with Gasteiger partial charge in [-0.1, -0.05) is 28.1 Å². The molecule has 0 bridgehead atoms. The minimum absolute atomic E-state index is 0.168. The molecule has 126 valence electrons. The Balaban J connectivity index is 2.40. The summed E-state index contributed by atoms with van der Waals surface area (Å²) in [5.41, 5.74) is 1.23. The molecule has 0 fully saturated rings. The van der Waals surface area contributed by atoms with Crippen LogP contribution in [-0.4, -0.2) is 34.6 Å². The van der Waals surface area contributed by atoms with Gasteiger partial charge < -0.3 is 15.2 Å². The molecule has 1 aliphatic heterocycles. The first-order valence-corrected chi connectivity index (χ1v) is 8.51. The number of benzene rings is 1. The molecule has 0 aliphatic carbocycles. The van der Waals surface area contributed by atoms with Crippen molar-refractivity contribution in [1.29, 1.82) is 0 Å². The van der Waals surface area contributed by atoms with E-state index in [2.05, 4.69) is 21.2 Å². The van der Waals surface area contributed by atoms with Gasteiger partial charge in [0.2, 0.25) is 0 Å². The number of aliphatic hydroxyl groups excluding tert-OH is 1. The maximum atomic E-state index is 13.1. The van der Waals surface area contributed by atoms with Gasteiger partial charge in [0.05, 0.1) is 18.3 Å². The number of rotatable bonds is 4. The van der Waals surface area contributed by atoms with Crippen LogP contribution in [0, 0.1) is 5.82 Å². The Hall–Kier alpha value is -1.24. The summed E-state index contributed by atoms with van der Waals surface area (Å²) in [4.78, 5) is 12.7. The molecule has 1 aromatic rings. The Labute approximate surface area is 143 Å². The second-order valence-electron chi connectivity index (χ2n) is 6.56. The van der Waals surface area contributed by atoms with Gasteiger partial charge >= 0.3 is 0 Å². The Kier molecular flexibility index (Phi) is 5.60. The van der Waals surface area contributed by atoms with E-state index < -0.39 is 17.7 Å². The van der Waals surface area contributed by atoms with Crippen molar-refractivity contribution < 1.29 is 19.0 Å². The van der Waals surface area contributed by atoms with Crippen molar-refractivity contribution in [3.8, 4) is 0 Å². The van der Waals surface area contributed by atoms with Gasteiger partial charge in [-0.2, -0.15) is 0 Å². The van der Waals surface area contributed by atoms with Crippen LogP contribution >= 0.6 is 15.9 Å². The fourth-order valence-electron chi connectivity index (χ4n) is 2.44. The largest absolute Gasteiger partial charge is 0.388 e. The van der Waals surface area contributed by atoms with Crippen LogP contribution in [0.5, 0.6) is 0 Å². The maximum Gasteiger partial charge on any atom is 0.250 e. The topological polar surface area (TPSA) is 58.6 Å². The fourth-order valence-corrected chi connectivity index (χ4v) is 2.84. The number of amides is 1.